The Morgan fingerprint density at radius 2 is 1.82 bits per heavy atom. The first-order valence-corrected chi connectivity index (χ1v) is 8.85. The SMILES string of the molecule is CC[C@]1(c2ccccc2)NC(=O)N(NC(=O)/C=C/c2ccccc2OC)C1=O. The van der Waals surface area contributed by atoms with E-state index in [1.54, 1.807) is 49.4 Å². The van der Waals surface area contributed by atoms with Crippen LogP contribution >= 0.6 is 0 Å². The predicted octanol–water partition coefficient (Wildman–Crippen LogP) is 2.60. The number of carbonyl (C=O) groups excluding carboxylic acids is 3. The number of methoxy groups -OCH3 is 1. The summed E-state index contributed by atoms with van der Waals surface area (Å²) in [6, 6.07) is 15.5. The van der Waals surface area contributed by atoms with Gasteiger partial charge in [0.15, 0.2) is 0 Å². The number of nitrogens with one attached hydrogen (secondary N) is 2. The van der Waals surface area contributed by atoms with E-state index >= 15 is 0 Å². The van der Waals surface area contributed by atoms with Gasteiger partial charge in [-0.3, -0.25) is 15.0 Å². The van der Waals surface area contributed by atoms with E-state index in [0.29, 0.717) is 23.3 Å². The number of para-hydroxylation sites is 1. The van der Waals surface area contributed by atoms with Crippen LogP contribution in [0.1, 0.15) is 24.5 Å². The lowest BCUT2D eigenvalue weighted by molar-refractivity contribution is -0.138. The standard InChI is InChI=1S/C21H21N3O4/c1-3-21(16-10-5-4-6-11-16)19(26)24(20(27)22-21)23-18(25)14-13-15-9-7-8-12-17(15)28-2/h4-14H,3H2,1-2H3,(H,22,27)(H,23,25)/b14-13+/t21-/m1/s1. The number of ether oxygens (including phenoxy) is 1. The molecule has 3 rings (SSSR count). The minimum absolute atomic E-state index is 0.352. The van der Waals surface area contributed by atoms with Gasteiger partial charge in [-0.1, -0.05) is 55.5 Å². The number of imide groups is 1. The van der Waals surface area contributed by atoms with Gasteiger partial charge in [0.1, 0.15) is 11.3 Å². The summed E-state index contributed by atoms with van der Waals surface area (Å²) in [4.78, 5) is 37.6. The maximum atomic E-state index is 13.0. The molecule has 4 amide bonds. The number of nitrogens with zero attached hydrogens (tertiary/aromatic N) is 1. The minimum atomic E-state index is -1.20. The van der Waals surface area contributed by atoms with Crippen LogP contribution in [0.25, 0.3) is 6.08 Å². The molecule has 2 aromatic carbocycles. The van der Waals surface area contributed by atoms with Crippen LogP contribution in [-0.2, 0) is 15.1 Å². The van der Waals surface area contributed by atoms with Gasteiger partial charge in [0, 0.05) is 11.6 Å². The van der Waals surface area contributed by atoms with Crippen molar-refractivity contribution in [3.8, 4) is 5.75 Å². The normalized spacial score (nSPS) is 19.0. The average molecular weight is 379 g/mol. The number of amides is 4. The van der Waals surface area contributed by atoms with Gasteiger partial charge in [-0.2, -0.15) is 5.01 Å². The van der Waals surface area contributed by atoms with E-state index in [9.17, 15) is 14.4 Å². The molecule has 7 heteroatoms. The molecule has 1 saturated heterocycles. The second kappa shape index (κ2) is 7.96. The monoisotopic (exact) mass is 379 g/mol. The highest BCUT2D eigenvalue weighted by atomic mass is 16.5. The van der Waals surface area contributed by atoms with Crippen LogP contribution in [0, 0.1) is 0 Å². The molecule has 0 saturated carbocycles. The number of hydrogen-bond donors (Lipinski definition) is 2. The maximum absolute atomic E-state index is 13.0. The van der Waals surface area contributed by atoms with Crippen molar-refractivity contribution in [2.45, 2.75) is 18.9 Å². The van der Waals surface area contributed by atoms with Crippen molar-refractivity contribution in [1.29, 1.82) is 0 Å². The van der Waals surface area contributed by atoms with E-state index in [4.69, 9.17) is 4.74 Å². The van der Waals surface area contributed by atoms with E-state index < -0.39 is 23.4 Å². The Morgan fingerprint density at radius 3 is 2.50 bits per heavy atom. The molecule has 1 aliphatic heterocycles. The number of carbonyl (C=O) groups is 3. The van der Waals surface area contributed by atoms with Crippen LogP contribution in [0.15, 0.2) is 60.7 Å². The summed E-state index contributed by atoms with van der Waals surface area (Å²) in [6.07, 6.45) is 3.15. The Morgan fingerprint density at radius 1 is 1.14 bits per heavy atom. The highest BCUT2D eigenvalue weighted by Crippen LogP contribution is 2.31. The highest BCUT2D eigenvalue weighted by molar-refractivity contribution is 6.09. The van der Waals surface area contributed by atoms with Crippen molar-refractivity contribution in [2.24, 2.45) is 0 Å². The lowest BCUT2D eigenvalue weighted by Crippen LogP contribution is -2.48. The second-order valence-electron chi connectivity index (χ2n) is 6.25. The first-order chi connectivity index (χ1) is 13.5. The lowest BCUT2D eigenvalue weighted by atomic mass is 9.87. The van der Waals surface area contributed by atoms with E-state index in [1.165, 1.54) is 13.2 Å². The van der Waals surface area contributed by atoms with Gasteiger partial charge in [-0.05, 0) is 24.1 Å². The molecule has 0 unspecified atom stereocenters. The van der Waals surface area contributed by atoms with Crippen molar-refractivity contribution >= 4 is 23.9 Å². The summed E-state index contributed by atoms with van der Waals surface area (Å²) in [5.41, 5.74) is 2.52. The van der Waals surface area contributed by atoms with Crippen LogP contribution in [-0.4, -0.2) is 30.0 Å². The van der Waals surface area contributed by atoms with Crippen LogP contribution in [0.5, 0.6) is 5.75 Å². The molecule has 2 aromatic rings. The molecule has 1 fully saturated rings. The minimum Gasteiger partial charge on any atom is -0.496 e. The third-order valence-corrected chi connectivity index (χ3v) is 4.66. The van der Waals surface area contributed by atoms with Crippen molar-refractivity contribution in [1.82, 2.24) is 15.8 Å². The molecule has 0 aromatic heterocycles. The van der Waals surface area contributed by atoms with Gasteiger partial charge < -0.3 is 10.1 Å². The number of hydrazine groups is 1. The number of urea groups is 1. The molecule has 0 spiro atoms. The number of hydrogen-bond acceptors (Lipinski definition) is 4. The zero-order valence-corrected chi connectivity index (χ0v) is 15.6. The largest absolute Gasteiger partial charge is 0.496 e. The fourth-order valence-corrected chi connectivity index (χ4v) is 3.16. The van der Waals surface area contributed by atoms with Gasteiger partial charge in [0.25, 0.3) is 11.8 Å². The van der Waals surface area contributed by atoms with Crippen molar-refractivity contribution < 1.29 is 19.1 Å². The molecule has 0 radical (unpaired) electrons. The number of benzene rings is 2. The molecular weight excluding hydrogens is 358 g/mol. The third kappa shape index (κ3) is 3.46. The second-order valence-corrected chi connectivity index (χ2v) is 6.25. The van der Waals surface area contributed by atoms with Crippen molar-refractivity contribution in [2.75, 3.05) is 7.11 Å². The summed E-state index contributed by atoms with van der Waals surface area (Å²) in [5.74, 6) is -0.518. The van der Waals surface area contributed by atoms with Crippen molar-refractivity contribution in [3.63, 3.8) is 0 Å². The molecule has 1 heterocycles. The Bertz CT molecular complexity index is 926. The summed E-state index contributed by atoms with van der Waals surface area (Å²) >= 11 is 0. The van der Waals surface area contributed by atoms with Gasteiger partial charge in [0.2, 0.25) is 0 Å². The third-order valence-electron chi connectivity index (χ3n) is 4.66. The molecular formula is C21H21N3O4. The first-order valence-electron chi connectivity index (χ1n) is 8.85. The summed E-state index contributed by atoms with van der Waals surface area (Å²) in [6.45, 7) is 1.80. The van der Waals surface area contributed by atoms with Gasteiger partial charge in [-0.25, -0.2) is 4.79 Å². The Balaban J connectivity index is 1.77. The molecule has 1 atom stereocenters. The summed E-state index contributed by atoms with van der Waals surface area (Å²) in [7, 11) is 1.54. The fraction of sp³-hybridized carbons (Fsp3) is 0.190. The van der Waals surface area contributed by atoms with Crippen LogP contribution in [0.4, 0.5) is 4.79 Å². The zero-order chi connectivity index (χ0) is 20.1. The first kappa shape index (κ1) is 19.2. The molecule has 0 aliphatic carbocycles. The van der Waals surface area contributed by atoms with Crippen LogP contribution in [0.3, 0.4) is 0 Å². The van der Waals surface area contributed by atoms with Gasteiger partial charge in [-0.15, -0.1) is 0 Å². The Kier molecular flexibility index (Phi) is 5.44. The maximum Gasteiger partial charge on any atom is 0.344 e. The quantitative estimate of drug-likeness (QED) is 0.597. The molecule has 0 bridgehead atoms. The lowest BCUT2D eigenvalue weighted by Gasteiger charge is -2.25. The van der Waals surface area contributed by atoms with E-state index in [-0.39, 0.29) is 0 Å². The summed E-state index contributed by atoms with van der Waals surface area (Å²) in [5, 5.41) is 3.44. The van der Waals surface area contributed by atoms with Crippen molar-refractivity contribution in [3.05, 3.63) is 71.8 Å². The molecule has 7 nitrogen and oxygen atoms in total. The smallest absolute Gasteiger partial charge is 0.344 e. The molecule has 28 heavy (non-hydrogen) atoms. The van der Waals surface area contributed by atoms with Crippen LogP contribution in [0.2, 0.25) is 0 Å². The van der Waals surface area contributed by atoms with E-state index in [1.807, 2.05) is 18.2 Å². The molecule has 2 N–H and O–H groups in total. The highest BCUT2D eigenvalue weighted by Gasteiger charge is 2.52. The van der Waals surface area contributed by atoms with Gasteiger partial charge in [0.05, 0.1) is 7.11 Å². The Hall–Kier alpha value is -3.61. The average Bonchev–Trinajstić information content (AvgIpc) is 2.98. The fourth-order valence-electron chi connectivity index (χ4n) is 3.16. The topological polar surface area (TPSA) is 87.7 Å². The van der Waals surface area contributed by atoms with E-state index in [0.717, 1.165) is 5.01 Å². The summed E-state index contributed by atoms with van der Waals surface area (Å²) < 4.78 is 5.22. The number of rotatable bonds is 6. The van der Waals surface area contributed by atoms with E-state index in [2.05, 4.69) is 10.7 Å². The molecule has 1 aliphatic rings. The Labute approximate surface area is 163 Å². The zero-order valence-electron chi connectivity index (χ0n) is 15.6. The predicted molar refractivity (Wildman–Crippen MR) is 104 cm³/mol. The van der Waals surface area contributed by atoms with Crippen LogP contribution < -0.4 is 15.5 Å². The molecule has 144 valence electrons. The van der Waals surface area contributed by atoms with Gasteiger partial charge >= 0.3 is 6.03 Å².